The summed E-state index contributed by atoms with van der Waals surface area (Å²) in [6, 6.07) is 10.4. The molecule has 0 bridgehead atoms. The molecule has 1 amide bonds. The van der Waals surface area contributed by atoms with Gasteiger partial charge in [-0.05, 0) is 42.2 Å². The molecule has 0 saturated carbocycles. The number of anilines is 1. The Morgan fingerprint density at radius 3 is 2.74 bits per heavy atom. The molecule has 1 fully saturated rings. The molecule has 3 aromatic rings. The molecule has 7 nitrogen and oxygen atoms in total. The average Bonchev–Trinajstić information content (AvgIpc) is 3.36. The van der Waals surface area contributed by atoms with Crippen molar-refractivity contribution in [1.29, 1.82) is 0 Å². The number of pyridine rings is 1. The van der Waals surface area contributed by atoms with Gasteiger partial charge in [-0.15, -0.1) is 5.10 Å². The van der Waals surface area contributed by atoms with E-state index < -0.39 is 0 Å². The first-order valence-corrected chi connectivity index (χ1v) is 9.10. The topological polar surface area (TPSA) is 73.1 Å². The summed E-state index contributed by atoms with van der Waals surface area (Å²) in [4.78, 5) is 18.6. The summed E-state index contributed by atoms with van der Waals surface area (Å²) in [5.74, 6) is 0. The number of benzene rings is 1. The van der Waals surface area contributed by atoms with E-state index in [1.807, 2.05) is 36.3 Å². The molecule has 1 saturated heterocycles. The number of aromatic nitrogens is 4. The normalized spacial score (nSPS) is 20.5. The van der Waals surface area contributed by atoms with E-state index in [0.717, 1.165) is 41.0 Å². The van der Waals surface area contributed by atoms with E-state index in [-0.39, 0.29) is 18.2 Å². The lowest BCUT2D eigenvalue weighted by Crippen LogP contribution is -2.32. The molecule has 2 aromatic heterocycles. The Morgan fingerprint density at radius 1 is 1.19 bits per heavy atom. The first kappa shape index (κ1) is 16.0. The van der Waals surface area contributed by atoms with Gasteiger partial charge in [0.2, 0.25) is 0 Å². The smallest absolute Gasteiger partial charge is 0.415 e. The SMILES string of the molecule is CC[C@@H]1OC(=O)N2c3ccc(-c4ccc(-c5cnnn5C)nc4)cc3C[C@@H]12. The van der Waals surface area contributed by atoms with Gasteiger partial charge in [-0.25, -0.2) is 9.48 Å². The van der Waals surface area contributed by atoms with Crippen LogP contribution >= 0.6 is 0 Å². The van der Waals surface area contributed by atoms with Gasteiger partial charge in [0.05, 0.1) is 23.6 Å². The largest absolute Gasteiger partial charge is 0.444 e. The predicted octanol–water partition coefficient (Wildman–Crippen LogP) is 3.20. The molecule has 0 spiro atoms. The molecule has 1 aromatic carbocycles. The van der Waals surface area contributed by atoms with Gasteiger partial charge in [-0.3, -0.25) is 9.88 Å². The zero-order valence-electron chi connectivity index (χ0n) is 15.2. The van der Waals surface area contributed by atoms with Crippen LogP contribution in [0.15, 0.2) is 42.7 Å². The maximum absolute atomic E-state index is 12.2. The van der Waals surface area contributed by atoms with Crippen molar-refractivity contribution in [3.63, 3.8) is 0 Å². The van der Waals surface area contributed by atoms with E-state index in [1.54, 1.807) is 10.9 Å². The number of hydrogen-bond donors (Lipinski definition) is 0. The van der Waals surface area contributed by atoms with Gasteiger partial charge < -0.3 is 4.74 Å². The van der Waals surface area contributed by atoms with Crippen molar-refractivity contribution in [3.05, 3.63) is 48.3 Å². The van der Waals surface area contributed by atoms with Gasteiger partial charge in [0.1, 0.15) is 11.8 Å². The molecule has 2 atom stereocenters. The summed E-state index contributed by atoms with van der Waals surface area (Å²) >= 11 is 0. The van der Waals surface area contributed by atoms with Crippen molar-refractivity contribution in [2.24, 2.45) is 7.05 Å². The van der Waals surface area contributed by atoms with E-state index >= 15 is 0 Å². The molecule has 5 rings (SSSR count). The van der Waals surface area contributed by atoms with Crippen molar-refractivity contribution >= 4 is 11.8 Å². The number of ether oxygens (including phenoxy) is 1. The number of cyclic esters (lactones) is 1. The Bertz CT molecular complexity index is 1030. The van der Waals surface area contributed by atoms with E-state index in [2.05, 4.69) is 34.4 Å². The lowest BCUT2D eigenvalue weighted by atomic mass is 10.00. The van der Waals surface area contributed by atoms with Gasteiger partial charge in [0, 0.05) is 18.8 Å². The molecule has 0 unspecified atom stereocenters. The van der Waals surface area contributed by atoms with Crippen molar-refractivity contribution in [2.75, 3.05) is 4.90 Å². The molecular formula is C20H19N5O2. The fourth-order valence-electron chi connectivity index (χ4n) is 4.05. The number of rotatable bonds is 3. The quantitative estimate of drug-likeness (QED) is 0.716. The third-order valence-corrected chi connectivity index (χ3v) is 5.45. The van der Waals surface area contributed by atoms with Crippen molar-refractivity contribution in [3.8, 4) is 22.5 Å². The van der Waals surface area contributed by atoms with E-state index in [4.69, 9.17) is 4.74 Å². The molecule has 0 N–H and O–H groups in total. The minimum Gasteiger partial charge on any atom is -0.444 e. The minimum atomic E-state index is -0.228. The first-order chi connectivity index (χ1) is 13.2. The Kier molecular flexibility index (Phi) is 3.50. The minimum absolute atomic E-state index is 0.0261. The lowest BCUT2D eigenvalue weighted by Gasteiger charge is -2.15. The number of fused-ring (bicyclic) bond motifs is 3. The Hall–Kier alpha value is -3.22. The van der Waals surface area contributed by atoms with Crippen LogP contribution < -0.4 is 4.90 Å². The Labute approximate surface area is 156 Å². The van der Waals surface area contributed by atoms with Gasteiger partial charge in [-0.2, -0.15) is 0 Å². The number of aryl methyl sites for hydroxylation is 1. The van der Waals surface area contributed by atoms with Crippen LogP contribution in [0.25, 0.3) is 22.5 Å². The van der Waals surface area contributed by atoms with Crippen LogP contribution in [0.2, 0.25) is 0 Å². The van der Waals surface area contributed by atoms with Crippen LogP contribution in [0.3, 0.4) is 0 Å². The number of hydrogen-bond acceptors (Lipinski definition) is 5. The highest BCUT2D eigenvalue weighted by Gasteiger charge is 2.46. The van der Waals surface area contributed by atoms with Crippen LogP contribution in [0, 0.1) is 0 Å². The number of carbonyl (C=O) groups is 1. The maximum Gasteiger partial charge on any atom is 0.415 e. The number of carbonyl (C=O) groups excluding carboxylic acids is 1. The molecule has 4 heterocycles. The zero-order valence-corrected chi connectivity index (χ0v) is 15.2. The van der Waals surface area contributed by atoms with Crippen molar-refractivity contribution in [2.45, 2.75) is 31.9 Å². The van der Waals surface area contributed by atoms with Gasteiger partial charge in [-0.1, -0.05) is 24.3 Å². The second kappa shape index (κ2) is 5.90. The monoisotopic (exact) mass is 361 g/mol. The third kappa shape index (κ3) is 2.42. The van der Waals surface area contributed by atoms with E-state index in [1.165, 1.54) is 5.56 Å². The summed E-state index contributed by atoms with van der Waals surface area (Å²) in [5, 5.41) is 7.84. The molecule has 7 heteroatoms. The summed E-state index contributed by atoms with van der Waals surface area (Å²) in [7, 11) is 1.85. The Morgan fingerprint density at radius 2 is 2.04 bits per heavy atom. The highest BCUT2D eigenvalue weighted by Crippen LogP contribution is 2.41. The van der Waals surface area contributed by atoms with E-state index in [0.29, 0.717) is 0 Å². The van der Waals surface area contributed by atoms with Crippen LogP contribution in [0.4, 0.5) is 10.5 Å². The highest BCUT2D eigenvalue weighted by molar-refractivity contribution is 5.94. The third-order valence-electron chi connectivity index (χ3n) is 5.45. The standard InChI is InChI=1S/C20H19N5O2/c1-3-19-17-9-14-8-12(5-7-16(14)25(17)20(26)27-19)13-4-6-15(21-10-13)18-11-22-23-24(18)2/h4-8,10-11,17,19H,3,9H2,1-2H3/t17-,19-/m0/s1. The van der Waals surface area contributed by atoms with Crippen LogP contribution in [-0.4, -0.2) is 38.2 Å². The summed E-state index contributed by atoms with van der Waals surface area (Å²) in [6.07, 6.45) is 4.98. The zero-order chi connectivity index (χ0) is 18.5. The van der Waals surface area contributed by atoms with E-state index in [9.17, 15) is 4.79 Å². The lowest BCUT2D eigenvalue weighted by molar-refractivity contribution is 0.129. The number of amides is 1. The summed E-state index contributed by atoms with van der Waals surface area (Å²) in [5.41, 5.74) is 6.00. The van der Waals surface area contributed by atoms with Gasteiger partial charge in [0.15, 0.2) is 0 Å². The second-order valence-electron chi connectivity index (χ2n) is 6.99. The van der Waals surface area contributed by atoms with Crippen molar-refractivity contribution in [1.82, 2.24) is 20.0 Å². The maximum atomic E-state index is 12.2. The predicted molar refractivity (Wildman–Crippen MR) is 100 cm³/mol. The number of nitrogens with zero attached hydrogens (tertiary/aromatic N) is 5. The molecular weight excluding hydrogens is 342 g/mol. The molecule has 0 aliphatic carbocycles. The van der Waals surface area contributed by atoms with Gasteiger partial charge >= 0.3 is 6.09 Å². The first-order valence-electron chi connectivity index (χ1n) is 9.10. The van der Waals surface area contributed by atoms with Gasteiger partial charge in [0.25, 0.3) is 0 Å². The fourth-order valence-corrected chi connectivity index (χ4v) is 4.05. The fraction of sp³-hybridized carbons (Fsp3) is 0.300. The molecule has 27 heavy (non-hydrogen) atoms. The summed E-state index contributed by atoms with van der Waals surface area (Å²) in [6.45, 7) is 2.06. The van der Waals surface area contributed by atoms with Crippen LogP contribution in [0.1, 0.15) is 18.9 Å². The highest BCUT2D eigenvalue weighted by atomic mass is 16.6. The molecule has 2 aliphatic rings. The van der Waals surface area contributed by atoms with Crippen LogP contribution in [0.5, 0.6) is 0 Å². The second-order valence-corrected chi connectivity index (χ2v) is 6.99. The van der Waals surface area contributed by atoms with Crippen molar-refractivity contribution < 1.29 is 9.53 Å². The summed E-state index contributed by atoms with van der Waals surface area (Å²) < 4.78 is 7.17. The Balaban J connectivity index is 1.46. The van der Waals surface area contributed by atoms with Crippen LogP contribution in [-0.2, 0) is 18.2 Å². The molecule has 0 radical (unpaired) electrons. The average molecular weight is 361 g/mol. The molecule has 2 aliphatic heterocycles. The molecule has 136 valence electrons.